The summed E-state index contributed by atoms with van der Waals surface area (Å²) in [5, 5.41) is 4.22. The van der Waals surface area contributed by atoms with E-state index < -0.39 is 36.1 Å². The first-order valence-corrected chi connectivity index (χ1v) is 14.0. The number of ether oxygens (including phenoxy) is 2. The van der Waals surface area contributed by atoms with E-state index in [4.69, 9.17) is 9.47 Å². The summed E-state index contributed by atoms with van der Waals surface area (Å²) in [5.41, 5.74) is 1.16. The average molecular weight is 587 g/mol. The van der Waals surface area contributed by atoms with Gasteiger partial charge in [-0.2, -0.15) is 12.6 Å². The van der Waals surface area contributed by atoms with Crippen molar-refractivity contribution in [2.45, 2.75) is 62.8 Å². The Hall–Kier alpha value is -3.94. The van der Waals surface area contributed by atoms with Gasteiger partial charge in [0.05, 0.1) is 11.2 Å². The van der Waals surface area contributed by atoms with E-state index in [0.29, 0.717) is 49.0 Å². The summed E-state index contributed by atoms with van der Waals surface area (Å²) in [6.45, 7) is -0.190. The molecule has 0 bridgehead atoms. The molecule has 0 aromatic heterocycles. The molecule has 6 amide bonds. The Morgan fingerprint density at radius 2 is 1.78 bits per heavy atom. The summed E-state index contributed by atoms with van der Waals surface area (Å²) in [4.78, 5) is 88.3. The first-order chi connectivity index (χ1) is 19.6. The molecule has 2 saturated heterocycles. The lowest BCUT2D eigenvalue weighted by molar-refractivity contribution is -0.158. The van der Waals surface area contributed by atoms with Gasteiger partial charge in [-0.15, -0.1) is 0 Å². The number of hydrogen-bond acceptors (Lipinski definition) is 10. The molecule has 3 fully saturated rings. The van der Waals surface area contributed by atoms with Crippen LogP contribution in [0.5, 0.6) is 0 Å². The third-order valence-electron chi connectivity index (χ3n) is 8.05. The third-order valence-corrected chi connectivity index (χ3v) is 8.45. The summed E-state index contributed by atoms with van der Waals surface area (Å²) >= 11 is 4.14. The number of carbonyl (C=O) groups is 7. The first kappa shape index (κ1) is 28.6. The Bertz CT molecular complexity index is 1310. The van der Waals surface area contributed by atoms with Crippen molar-refractivity contribution in [2.75, 3.05) is 18.7 Å². The number of nitrogens with one attached hydrogen (secondary N) is 2. The molecule has 5 rings (SSSR count). The predicted molar refractivity (Wildman–Crippen MR) is 143 cm³/mol. The van der Waals surface area contributed by atoms with Crippen LogP contribution in [0.2, 0.25) is 0 Å². The number of piperidine rings is 1. The zero-order valence-corrected chi connectivity index (χ0v) is 23.0. The van der Waals surface area contributed by atoms with Crippen molar-refractivity contribution in [3.63, 3.8) is 0 Å². The van der Waals surface area contributed by atoms with Gasteiger partial charge in [0.15, 0.2) is 0 Å². The molecule has 13 nitrogen and oxygen atoms in total. The van der Waals surface area contributed by atoms with Gasteiger partial charge in [-0.3, -0.25) is 44.3 Å². The van der Waals surface area contributed by atoms with Crippen molar-refractivity contribution in [3.05, 3.63) is 29.3 Å². The Balaban J connectivity index is 1.06. The minimum absolute atomic E-state index is 0.0733. The fourth-order valence-corrected chi connectivity index (χ4v) is 6.10. The Morgan fingerprint density at radius 1 is 1.02 bits per heavy atom. The number of hydrogen-bond donors (Lipinski definition) is 3. The van der Waals surface area contributed by atoms with Gasteiger partial charge in [-0.05, 0) is 50.2 Å². The van der Waals surface area contributed by atoms with Crippen molar-refractivity contribution < 1.29 is 43.0 Å². The Kier molecular flexibility index (Phi) is 8.29. The van der Waals surface area contributed by atoms with Gasteiger partial charge in [0, 0.05) is 42.7 Å². The lowest BCUT2D eigenvalue weighted by Crippen LogP contribution is -2.52. The quantitative estimate of drug-likeness (QED) is 0.185. The van der Waals surface area contributed by atoms with E-state index in [2.05, 4.69) is 23.3 Å². The molecular formula is C27H30N4O9S. The molecule has 41 heavy (non-hydrogen) atoms. The van der Waals surface area contributed by atoms with Crippen molar-refractivity contribution in [3.8, 4) is 0 Å². The van der Waals surface area contributed by atoms with E-state index in [-0.39, 0.29) is 61.3 Å². The highest BCUT2D eigenvalue weighted by Crippen LogP contribution is 2.33. The summed E-state index contributed by atoms with van der Waals surface area (Å²) in [6, 6.07) is 3.98. The molecular weight excluding hydrogens is 556 g/mol. The zero-order chi connectivity index (χ0) is 29.3. The van der Waals surface area contributed by atoms with E-state index in [9.17, 15) is 33.6 Å². The van der Waals surface area contributed by atoms with Crippen LogP contribution in [0.25, 0.3) is 0 Å². The lowest BCUT2D eigenvalue weighted by atomic mass is 9.82. The van der Waals surface area contributed by atoms with E-state index in [1.165, 1.54) is 9.80 Å². The number of thiol groups is 1. The maximum Gasteiger partial charge on any atom is 0.414 e. The second-order valence-electron chi connectivity index (χ2n) is 10.6. The third kappa shape index (κ3) is 6.06. The zero-order valence-electron chi connectivity index (χ0n) is 22.1. The molecule has 1 aromatic rings. The van der Waals surface area contributed by atoms with Crippen molar-refractivity contribution in [1.82, 2.24) is 15.1 Å². The number of anilines is 1. The fourth-order valence-electron chi connectivity index (χ4n) is 5.80. The highest BCUT2D eigenvalue weighted by Gasteiger charge is 2.41. The maximum atomic E-state index is 12.9. The SMILES string of the molecule is O=C1CCC(N2Cc3c(NC(=O)OCOC(=O)C4CCC(CN5C(=O)CC(S)C5=O)CC4)cccc3C2=O)C(=O)N1. The van der Waals surface area contributed by atoms with Gasteiger partial charge < -0.3 is 14.4 Å². The molecule has 4 aliphatic rings. The molecule has 1 aliphatic carbocycles. The lowest BCUT2D eigenvalue weighted by Gasteiger charge is -2.29. The summed E-state index contributed by atoms with van der Waals surface area (Å²) in [7, 11) is 0. The van der Waals surface area contributed by atoms with Crippen LogP contribution in [0, 0.1) is 11.8 Å². The molecule has 1 aromatic carbocycles. The molecule has 14 heteroatoms. The van der Waals surface area contributed by atoms with Gasteiger partial charge in [-0.25, -0.2) is 4.79 Å². The monoisotopic (exact) mass is 586 g/mol. The highest BCUT2D eigenvalue weighted by molar-refractivity contribution is 7.81. The number of benzene rings is 1. The second-order valence-corrected chi connectivity index (χ2v) is 11.3. The first-order valence-electron chi connectivity index (χ1n) is 13.5. The van der Waals surface area contributed by atoms with Gasteiger partial charge >= 0.3 is 12.1 Å². The fraction of sp³-hybridized carbons (Fsp3) is 0.519. The average Bonchev–Trinajstić information content (AvgIpc) is 3.40. The van der Waals surface area contributed by atoms with Crippen LogP contribution in [-0.4, -0.2) is 76.0 Å². The topological polar surface area (TPSA) is 168 Å². The van der Waals surface area contributed by atoms with Crippen LogP contribution in [0.15, 0.2) is 18.2 Å². The molecule has 2 N–H and O–H groups in total. The molecule has 0 spiro atoms. The minimum atomic E-state index is -0.885. The smallest absolute Gasteiger partial charge is 0.414 e. The number of rotatable bonds is 7. The summed E-state index contributed by atoms with van der Waals surface area (Å²) in [5.74, 6) is -2.53. The number of carbonyl (C=O) groups excluding carboxylic acids is 7. The molecule has 0 radical (unpaired) electrons. The van der Waals surface area contributed by atoms with E-state index in [0.717, 1.165) is 0 Å². The van der Waals surface area contributed by atoms with Gasteiger partial charge in [0.1, 0.15) is 6.04 Å². The standard InChI is InChI=1S/C27H30N4O9S/c32-21-9-8-19(23(34)29-21)30-12-17-16(24(30)35)2-1-3-18(17)28-27(38)40-13-39-26(37)15-6-4-14(5-7-15)11-31-22(33)10-20(41)25(31)36/h1-3,14-15,19-20,41H,4-13H2,(H,28,38)(H,29,32,34). The molecule has 3 aliphatic heterocycles. The highest BCUT2D eigenvalue weighted by atomic mass is 32.1. The molecule has 2 unspecified atom stereocenters. The van der Waals surface area contributed by atoms with Crippen molar-refractivity contribution in [1.29, 1.82) is 0 Å². The Labute approximate surface area is 240 Å². The molecule has 1 saturated carbocycles. The number of imide groups is 2. The van der Waals surface area contributed by atoms with Crippen molar-refractivity contribution >= 4 is 59.9 Å². The minimum Gasteiger partial charge on any atom is -0.428 e. The van der Waals surface area contributed by atoms with Crippen LogP contribution in [0.3, 0.4) is 0 Å². The van der Waals surface area contributed by atoms with Gasteiger partial charge in [0.2, 0.25) is 30.4 Å². The largest absolute Gasteiger partial charge is 0.428 e. The van der Waals surface area contributed by atoms with E-state index >= 15 is 0 Å². The molecule has 3 heterocycles. The summed E-state index contributed by atoms with van der Waals surface area (Å²) in [6.07, 6.45) is 1.95. The van der Waals surface area contributed by atoms with Gasteiger partial charge in [-0.1, -0.05) is 6.07 Å². The van der Waals surface area contributed by atoms with E-state index in [1.807, 2.05) is 0 Å². The number of likely N-dealkylation sites (tertiary alicyclic amines) is 1. The van der Waals surface area contributed by atoms with Gasteiger partial charge in [0.25, 0.3) is 5.91 Å². The maximum absolute atomic E-state index is 12.9. The summed E-state index contributed by atoms with van der Waals surface area (Å²) < 4.78 is 10.2. The van der Waals surface area contributed by atoms with Crippen LogP contribution < -0.4 is 10.6 Å². The van der Waals surface area contributed by atoms with Crippen LogP contribution >= 0.6 is 12.6 Å². The van der Waals surface area contributed by atoms with Crippen LogP contribution in [-0.2, 0) is 40.0 Å². The number of nitrogens with zero attached hydrogens (tertiary/aromatic N) is 2. The number of fused-ring (bicyclic) bond motifs is 1. The normalized spacial score (nSPS) is 26.1. The number of esters is 1. The van der Waals surface area contributed by atoms with Crippen molar-refractivity contribution in [2.24, 2.45) is 11.8 Å². The Morgan fingerprint density at radius 3 is 2.46 bits per heavy atom. The van der Waals surface area contributed by atoms with Crippen LogP contribution in [0.4, 0.5) is 10.5 Å². The molecule has 2 atom stereocenters. The molecule has 218 valence electrons. The van der Waals surface area contributed by atoms with E-state index in [1.54, 1.807) is 18.2 Å². The number of amides is 6. The predicted octanol–water partition coefficient (Wildman–Crippen LogP) is 1.36. The van der Waals surface area contributed by atoms with Crippen LogP contribution in [0.1, 0.15) is 60.9 Å². The second kappa shape index (κ2) is 11.9.